The quantitative estimate of drug-likeness (QED) is 0.771. The van der Waals surface area contributed by atoms with Crippen molar-refractivity contribution in [1.29, 1.82) is 0 Å². The molecule has 1 rings (SSSR count). The molecule has 13 heavy (non-hydrogen) atoms. The summed E-state index contributed by atoms with van der Waals surface area (Å²) in [6.07, 6.45) is 1.77. The first-order chi connectivity index (χ1) is 6.16. The topological polar surface area (TPSA) is 42.4 Å². The highest BCUT2D eigenvalue weighted by Crippen LogP contribution is 2.31. The molecule has 0 bridgehead atoms. The van der Waals surface area contributed by atoms with Crippen LogP contribution in [0.4, 0.5) is 4.39 Å². The third-order valence-electron chi connectivity index (χ3n) is 1.36. The van der Waals surface area contributed by atoms with Gasteiger partial charge >= 0.3 is 0 Å². The first kappa shape index (κ1) is 10.1. The van der Waals surface area contributed by atoms with E-state index in [4.69, 9.17) is 21.4 Å². The van der Waals surface area contributed by atoms with E-state index in [0.29, 0.717) is 6.61 Å². The van der Waals surface area contributed by atoms with Gasteiger partial charge in [-0.1, -0.05) is 18.5 Å². The van der Waals surface area contributed by atoms with E-state index in [1.54, 1.807) is 0 Å². The summed E-state index contributed by atoms with van der Waals surface area (Å²) in [5.74, 6) is -1.40. The number of pyridine rings is 1. The molecule has 0 saturated heterocycles. The summed E-state index contributed by atoms with van der Waals surface area (Å²) >= 11 is 5.39. The molecule has 1 N–H and O–H groups in total. The Bertz CT molecular complexity index is 306. The van der Waals surface area contributed by atoms with Crippen LogP contribution in [0, 0.1) is 5.82 Å². The predicted octanol–water partition coefficient (Wildman–Crippen LogP) is 2.37. The van der Waals surface area contributed by atoms with Crippen LogP contribution in [0.5, 0.6) is 11.5 Å². The molecular weight excluding hydrogens is 197 g/mol. The molecule has 1 aromatic heterocycles. The number of rotatable bonds is 3. The van der Waals surface area contributed by atoms with Gasteiger partial charge in [0.2, 0.25) is 11.6 Å². The maximum atomic E-state index is 13.1. The van der Waals surface area contributed by atoms with Gasteiger partial charge in [-0.05, 0) is 6.42 Å². The second-order valence-electron chi connectivity index (χ2n) is 2.43. The fourth-order valence-electron chi connectivity index (χ4n) is 0.781. The first-order valence-electron chi connectivity index (χ1n) is 3.82. The summed E-state index contributed by atoms with van der Waals surface area (Å²) in [7, 11) is 0. The molecule has 72 valence electrons. The van der Waals surface area contributed by atoms with Crippen molar-refractivity contribution in [3.63, 3.8) is 0 Å². The molecule has 0 radical (unpaired) electrons. The van der Waals surface area contributed by atoms with Gasteiger partial charge in [-0.25, -0.2) is 4.98 Å². The minimum absolute atomic E-state index is 0.234. The van der Waals surface area contributed by atoms with Crippen molar-refractivity contribution in [2.24, 2.45) is 0 Å². The lowest BCUT2D eigenvalue weighted by molar-refractivity contribution is 0.282. The van der Waals surface area contributed by atoms with E-state index in [2.05, 4.69) is 4.98 Å². The van der Waals surface area contributed by atoms with Crippen LogP contribution in [0.1, 0.15) is 13.3 Å². The highest BCUT2D eigenvalue weighted by Gasteiger charge is 2.13. The number of hydrogen-bond acceptors (Lipinski definition) is 3. The van der Waals surface area contributed by atoms with Gasteiger partial charge in [0.05, 0.1) is 12.8 Å². The van der Waals surface area contributed by atoms with Crippen LogP contribution in [-0.2, 0) is 0 Å². The van der Waals surface area contributed by atoms with Crippen LogP contribution in [0.25, 0.3) is 0 Å². The second kappa shape index (κ2) is 4.28. The number of halogens is 2. The van der Waals surface area contributed by atoms with Crippen molar-refractivity contribution >= 4 is 11.6 Å². The van der Waals surface area contributed by atoms with Crippen LogP contribution in [0.3, 0.4) is 0 Å². The Morgan fingerprint density at radius 1 is 1.69 bits per heavy atom. The monoisotopic (exact) mass is 205 g/mol. The normalized spacial score (nSPS) is 10.1. The van der Waals surface area contributed by atoms with Crippen molar-refractivity contribution in [2.45, 2.75) is 13.3 Å². The van der Waals surface area contributed by atoms with E-state index in [9.17, 15) is 4.39 Å². The SMILES string of the molecule is CCCOc1c(O)cnc(Cl)c1F. The maximum absolute atomic E-state index is 13.1. The van der Waals surface area contributed by atoms with E-state index in [-0.39, 0.29) is 16.7 Å². The zero-order valence-corrected chi connectivity index (χ0v) is 7.81. The van der Waals surface area contributed by atoms with Gasteiger partial charge in [-0.15, -0.1) is 0 Å². The zero-order valence-electron chi connectivity index (χ0n) is 7.05. The molecule has 5 heteroatoms. The van der Waals surface area contributed by atoms with Crippen LogP contribution in [-0.4, -0.2) is 16.7 Å². The molecule has 3 nitrogen and oxygen atoms in total. The Labute approximate surface area is 80.1 Å². The fourth-order valence-corrected chi connectivity index (χ4v) is 0.915. The van der Waals surface area contributed by atoms with Crippen molar-refractivity contribution in [1.82, 2.24) is 4.98 Å². The molecule has 0 fully saturated rings. The molecular formula is C8H9ClFNO2. The molecule has 0 unspecified atom stereocenters. The maximum Gasteiger partial charge on any atom is 0.206 e. The van der Waals surface area contributed by atoms with Gasteiger partial charge in [0, 0.05) is 0 Å². The van der Waals surface area contributed by atoms with Crippen molar-refractivity contribution in [3.8, 4) is 11.5 Å². The Morgan fingerprint density at radius 3 is 3.00 bits per heavy atom. The van der Waals surface area contributed by atoms with E-state index < -0.39 is 5.82 Å². The van der Waals surface area contributed by atoms with Crippen LogP contribution >= 0.6 is 11.6 Å². The number of hydrogen-bond donors (Lipinski definition) is 1. The molecule has 0 saturated carbocycles. The summed E-state index contributed by atoms with van der Waals surface area (Å²) in [6.45, 7) is 2.20. The lowest BCUT2D eigenvalue weighted by Gasteiger charge is -2.07. The van der Waals surface area contributed by atoms with Crippen molar-refractivity contribution in [2.75, 3.05) is 6.61 Å². The molecule has 0 aliphatic heterocycles. The summed E-state index contributed by atoms with van der Waals surface area (Å²) in [6, 6.07) is 0. The molecule has 1 heterocycles. The summed E-state index contributed by atoms with van der Waals surface area (Å²) in [4.78, 5) is 3.41. The molecule has 1 aromatic rings. The predicted molar refractivity (Wildman–Crippen MR) is 46.7 cm³/mol. The van der Waals surface area contributed by atoms with E-state index >= 15 is 0 Å². The highest BCUT2D eigenvalue weighted by molar-refractivity contribution is 6.29. The minimum atomic E-state index is -0.824. The minimum Gasteiger partial charge on any atom is -0.503 e. The summed E-state index contributed by atoms with van der Waals surface area (Å²) < 4.78 is 18.1. The number of aromatic nitrogens is 1. The smallest absolute Gasteiger partial charge is 0.206 e. The van der Waals surface area contributed by atoms with Crippen molar-refractivity contribution < 1.29 is 14.2 Å². The average molecular weight is 206 g/mol. The molecule has 0 amide bonds. The van der Waals surface area contributed by atoms with Gasteiger partial charge in [0.25, 0.3) is 0 Å². The van der Waals surface area contributed by atoms with E-state index in [1.165, 1.54) is 0 Å². The van der Waals surface area contributed by atoms with Gasteiger partial charge < -0.3 is 9.84 Å². The molecule has 0 aromatic carbocycles. The third kappa shape index (κ3) is 2.21. The Morgan fingerprint density at radius 2 is 2.38 bits per heavy atom. The summed E-state index contributed by atoms with van der Waals surface area (Å²) in [5, 5.41) is 8.85. The molecule has 0 aliphatic rings. The van der Waals surface area contributed by atoms with Crippen LogP contribution < -0.4 is 4.74 Å². The Balaban J connectivity index is 2.96. The average Bonchev–Trinajstić information content (AvgIpc) is 2.12. The molecule has 0 atom stereocenters. The van der Waals surface area contributed by atoms with Gasteiger partial charge in [-0.3, -0.25) is 0 Å². The number of nitrogens with zero attached hydrogens (tertiary/aromatic N) is 1. The van der Waals surface area contributed by atoms with Gasteiger partial charge in [0.1, 0.15) is 0 Å². The Kier molecular flexibility index (Phi) is 3.31. The summed E-state index contributed by atoms with van der Waals surface area (Å²) in [5.41, 5.74) is 0. The lowest BCUT2D eigenvalue weighted by Crippen LogP contribution is -1.99. The van der Waals surface area contributed by atoms with Crippen LogP contribution in [0.2, 0.25) is 5.15 Å². The third-order valence-corrected chi connectivity index (χ3v) is 1.63. The standard InChI is InChI=1S/C8H9ClFNO2/c1-2-3-13-7-5(12)4-11-8(9)6(7)10/h4,12H,2-3H2,1H3. The van der Waals surface area contributed by atoms with E-state index in [0.717, 1.165) is 12.6 Å². The van der Waals surface area contributed by atoms with Gasteiger partial charge in [0.15, 0.2) is 10.9 Å². The lowest BCUT2D eigenvalue weighted by atomic mass is 10.4. The van der Waals surface area contributed by atoms with Gasteiger partial charge in [-0.2, -0.15) is 4.39 Å². The molecule has 0 spiro atoms. The number of ether oxygens (including phenoxy) is 1. The first-order valence-corrected chi connectivity index (χ1v) is 4.20. The van der Waals surface area contributed by atoms with Crippen molar-refractivity contribution in [3.05, 3.63) is 17.2 Å². The Hall–Kier alpha value is -1.03. The zero-order chi connectivity index (χ0) is 9.84. The van der Waals surface area contributed by atoms with E-state index in [1.807, 2.05) is 6.92 Å². The largest absolute Gasteiger partial charge is 0.503 e. The highest BCUT2D eigenvalue weighted by atomic mass is 35.5. The van der Waals surface area contributed by atoms with Crippen LogP contribution in [0.15, 0.2) is 6.20 Å². The number of aromatic hydroxyl groups is 1. The fraction of sp³-hybridized carbons (Fsp3) is 0.375. The second-order valence-corrected chi connectivity index (χ2v) is 2.78. The molecule has 0 aliphatic carbocycles.